The van der Waals surface area contributed by atoms with Crippen molar-refractivity contribution in [2.24, 2.45) is 5.41 Å². The molecule has 0 radical (unpaired) electrons. The summed E-state index contributed by atoms with van der Waals surface area (Å²) in [5, 5.41) is 0.517. The van der Waals surface area contributed by atoms with E-state index in [1.165, 1.54) is 0 Å². The Balaban J connectivity index is 1.56. The van der Waals surface area contributed by atoms with Crippen molar-refractivity contribution in [1.82, 2.24) is 0 Å². The molecule has 1 spiro atoms. The summed E-state index contributed by atoms with van der Waals surface area (Å²) in [6.07, 6.45) is 3.89. The first kappa shape index (κ1) is 25.5. The van der Waals surface area contributed by atoms with Gasteiger partial charge in [0.25, 0.3) is 0 Å². The number of ether oxygens (including phenoxy) is 1. The van der Waals surface area contributed by atoms with Gasteiger partial charge in [-0.2, -0.15) is 0 Å². The lowest BCUT2D eigenvalue weighted by molar-refractivity contribution is 0.0664. The fraction of sp³-hybridized carbons (Fsp3) is 0.171. The molecule has 2 aliphatic heterocycles. The second kappa shape index (κ2) is 9.57. The van der Waals surface area contributed by atoms with Gasteiger partial charge in [0.15, 0.2) is 17.3 Å². The molecular weight excluding hydrogens is 534 g/mol. The lowest BCUT2D eigenvalue weighted by Gasteiger charge is -2.37. The highest BCUT2D eigenvalue weighted by Crippen LogP contribution is 2.61. The molecule has 7 rings (SSSR count). The van der Waals surface area contributed by atoms with Crippen LogP contribution in [0.4, 0.5) is 5.69 Å². The Kier molecular flexibility index (Phi) is 5.95. The van der Waals surface area contributed by atoms with Crippen molar-refractivity contribution in [3.8, 4) is 5.75 Å². The standard InChI is InChI=1S/C35H26ClNO4/c1-2-41-28-14-8-6-12-26(28)30-31(32(38)22-15-18-23(36)19-16-22)37-27-13-7-3-9-21(27)17-20-29(37)35(30)33(39)24-10-4-5-11-25(24)34(35)40/h3-20,29-31H,2H2,1H3. The number of hydrogen-bond donors (Lipinski definition) is 0. The second-order valence-electron chi connectivity index (χ2n) is 10.6. The maximum atomic E-state index is 14.7. The van der Waals surface area contributed by atoms with Crippen molar-refractivity contribution in [3.63, 3.8) is 0 Å². The summed E-state index contributed by atoms with van der Waals surface area (Å²) in [4.78, 5) is 46.2. The minimum Gasteiger partial charge on any atom is -0.494 e. The zero-order chi connectivity index (χ0) is 28.3. The van der Waals surface area contributed by atoms with Crippen LogP contribution in [0.5, 0.6) is 5.75 Å². The van der Waals surface area contributed by atoms with Gasteiger partial charge in [0.1, 0.15) is 17.2 Å². The van der Waals surface area contributed by atoms with Crippen LogP contribution < -0.4 is 9.64 Å². The minimum absolute atomic E-state index is 0.193. The number of ketones is 3. The van der Waals surface area contributed by atoms with Gasteiger partial charge >= 0.3 is 0 Å². The summed E-state index contributed by atoms with van der Waals surface area (Å²) in [5.74, 6) is -0.996. The molecule has 0 N–H and O–H groups in total. The van der Waals surface area contributed by atoms with Gasteiger partial charge < -0.3 is 9.64 Å². The van der Waals surface area contributed by atoms with Crippen LogP contribution in [-0.4, -0.2) is 36.0 Å². The number of fused-ring (bicyclic) bond motifs is 5. The van der Waals surface area contributed by atoms with Crippen molar-refractivity contribution in [1.29, 1.82) is 0 Å². The zero-order valence-electron chi connectivity index (χ0n) is 22.3. The van der Waals surface area contributed by atoms with E-state index >= 15 is 0 Å². The van der Waals surface area contributed by atoms with Crippen LogP contribution in [0.25, 0.3) is 6.08 Å². The van der Waals surface area contributed by atoms with Crippen LogP contribution in [0.1, 0.15) is 55.0 Å². The first-order valence-corrected chi connectivity index (χ1v) is 14.1. The number of hydrogen-bond acceptors (Lipinski definition) is 5. The van der Waals surface area contributed by atoms with Crippen LogP contribution >= 0.6 is 11.6 Å². The van der Waals surface area contributed by atoms with Crippen molar-refractivity contribution in [3.05, 3.63) is 136 Å². The number of rotatable bonds is 5. The van der Waals surface area contributed by atoms with E-state index in [9.17, 15) is 14.4 Å². The van der Waals surface area contributed by atoms with Crippen molar-refractivity contribution < 1.29 is 19.1 Å². The fourth-order valence-electron chi connectivity index (χ4n) is 7.07. The number of carbonyl (C=O) groups excluding carboxylic acids is 3. The van der Waals surface area contributed by atoms with E-state index in [1.54, 1.807) is 48.5 Å². The minimum atomic E-state index is -1.58. The van der Waals surface area contributed by atoms with Crippen LogP contribution in [0, 0.1) is 5.41 Å². The quantitative estimate of drug-likeness (QED) is 0.193. The molecule has 2 heterocycles. The highest BCUT2D eigenvalue weighted by Gasteiger charge is 2.71. The molecule has 4 aromatic carbocycles. The molecule has 202 valence electrons. The average Bonchev–Trinajstić information content (AvgIpc) is 3.44. The molecule has 0 saturated carbocycles. The smallest absolute Gasteiger partial charge is 0.185 e. The van der Waals surface area contributed by atoms with E-state index in [-0.39, 0.29) is 17.3 Å². The molecular formula is C35H26ClNO4. The summed E-state index contributed by atoms with van der Waals surface area (Å²) >= 11 is 6.19. The lowest BCUT2D eigenvalue weighted by atomic mass is 9.64. The number of benzene rings is 4. The second-order valence-corrected chi connectivity index (χ2v) is 11.0. The molecule has 1 aliphatic carbocycles. The molecule has 6 heteroatoms. The third-order valence-corrected chi connectivity index (χ3v) is 8.92. The number of Topliss-reactive ketones (excluding diaryl/α,β-unsaturated/α-hetero) is 3. The SMILES string of the molecule is CCOc1ccccc1C1C(C(=O)c2ccc(Cl)cc2)N2c3ccccc3C=CC2C12C(=O)c1ccccc1C2=O. The molecule has 0 amide bonds. The van der Waals surface area contributed by atoms with Gasteiger partial charge in [0.2, 0.25) is 0 Å². The lowest BCUT2D eigenvalue weighted by Crippen LogP contribution is -2.48. The van der Waals surface area contributed by atoms with Gasteiger partial charge in [0, 0.05) is 38.9 Å². The first-order chi connectivity index (χ1) is 20.0. The van der Waals surface area contributed by atoms with Crippen LogP contribution in [0.2, 0.25) is 5.02 Å². The normalized spacial score (nSPS) is 21.5. The van der Waals surface area contributed by atoms with Gasteiger partial charge in [0.05, 0.1) is 12.6 Å². The zero-order valence-corrected chi connectivity index (χ0v) is 23.0. The third kappa shape index (κ3) is 3.52. The summed E-state index contributed by atoms with van der Waals surface area (Å²) in [7, 11) is 0. The topological polar surface area (TPSA) is 63.7 Å². The van der Waals surface area contributed by atoms with Crippen LogP contribution in [-0.2, 0) is 0 Å². The van der Waals surface area contributed by atoms with E-state index in [4.69, 9.17) is 16.3 Å². The van der Waals surface area contributed by atoms with E-state index in [1.807, 2.05) is 72.5 Å². The van der Waals surface area contributed by atoms with Gasteiger partial charge in [-0.25, -0.2) is 0 Å². The molecule has 41 heavy (non-hydrogen) atoms. The highest BCUT2D eigenvalue weighted by molar-refractivity contribution is 6.32. The maximum absolute atomic E-state index is 14.7. The van der Waals surface area contributed by atoms with Gasteiger partial charge in [-0.1, -0.05) is 84.4 Å². The summed E-state index contributed by atoms with van der Waals surface area (Å²) in [5.41, 5.74) is 2.05. The predicted molar refractivity (Wildman–Crippen MR) is 159 cm³/mol. The van der Waals surface area contributed by atoms with Crippen LogP contribution in [0.3, 0.4) is 0 Å². The third-order valence-electron chi connectivity index (χ3n) is 8.66. The molecule has 0 bridgehead atoms. The fourth-order valence-corrected chi connectivity index (χ4v) is 7.20. The van der Waals surface area contributed by atoms with Gasteiger partial charge in [-0.3, -0.25) is 14.4 Å². The Labute approximate surface area is 243 Å². The summed E-state index contributed by atoms with van der Waals surface area (Å²) < 4.78 is 6.08. The molecule has 1 saturated heterocycles. The monoisotopic (exact) mass is 559 g/mol. The highest BCUT2D eigenvalue weighted by atomic mass is 35.5. The first-order valence-electron chi connectivity index (χ1n) is 13.7. The number of para-hydroxylation sites is 2. The Hall–Kier alpha value is -4.48. The van der Waals surface area contributed by atoms with Crippen molar-refractivity contribution in [2.75, 3.05) is 11.5 Å². The van der Waals surface area contributed by atoms with Crippen molar-refractivity contribution in [2.45, 2.75) is 24.9 Å². The molecule has 3 atom stereocenters. The van der Waals surface area contributed by atoms with E-state index < -0.39 is 23.4 Å². The maximum Gasteiger partial charge on any atom is 0.185 e. The number of nitrogens with zero attached hydrogens (tertiary/aromatic N) is 1. The van der Waals surface area contributed by atoms with Crippen molar-refractivity contribution >= 4 is 40.7 Å². The molecule has 0 aromatic heterocycles. The number of anilines is 1. The van der Waals surface area contributed by atoms with E-state index in [0.717, 1.165) is 11.3 Å². The number of carbonyl (C=O) groups is 3. The summed E-state index contributed by atoms with van der Waals surface area (Å²) in [6, 6.07) is 27.5. The largest absolute Gasteiger partial charge is 0.494 e. The predicted octanol–water partition coefficient (Wildman–Crippen LogP) is 7.06. The van der Waals surface area contributed by atoms with Crippen LogP contribution in [0.15, 0.2) is 103 Å². The Morgan fingerprint density at radius 2 is 1.49 bits per heavy atom. The Morgan fingerprint density at radius 1 is 0.854 bits per heavy atom. The Bertz CT molecular complexity index is 1720. The van der Waals surface area contributed by atoms with E-state index in [2.05, 4.69) is 0 Å². The summed E-state index contributed by atoms with van der Waals surface area (Å²) in [6.45, 7) is 2.28. The molecule has 5 nitrogen and oxygen atoms in total. The molecule has 4 aromatic rings. The average molecular weight is 560 g/mol. The van der Waals surface area contributed by atoms with Gasteiger partial charge in [-0.05, 0) is 48.9 Å². The molecule has 1 fully saturated rings. The van der Waals surface area contributed by atoms with Gasteiger partial charge in [-0.15, -0.1) is 0 Å². The number of halogens is 1. The molecule has 3 unspecified atom stereocenters. The Morgan fingerprint density at radius 3 is 2.20 bits per heavy atom. The van der Waals surface area contributed by atoms with E-state index in [0.29, 0.717) is 39.6 Å². The molecule has 3 aliphatic rings.